The van der Waals surface area contributed by atoms with E-state index in [9.17, 15) is 9.59 Å². The van der Waals surface area contributed by atoms with Crippen LogP contribution in [0.25, 0.3) is 0 Å². The summed E-state index contributed by atoms with van der Waals surface area (Å²) >= 11 is 0. The first kappa shape index (κ1) is 19.1. The second-order valence-electron chi connectivity index (χ2n) is 5.58. The standard InChI is InChI=1S/C20H22N2O4/c1-3-11-22(13-15-7-5-4-6-8-15)20(24)16-9-10-17(18(12-16)25-2)26-14-19(21)23/h3-10,12H,1,11,13-14H2,2H3,(H2,21,23). The van der Waals surface area contributed by atoms with Crippen LogP contribution in [0.15, 0.2) is 61.2 Å². The van der Waals surface area contributed by atoms with Crippen molar-refractivity contribution in [2.75, 3.05) is 20.3 Å². The molecule has 0 bridgehead atoms. The van der Waals surface area contributed by atoms with E-state index in [1.54, 1.807) is 29.2 Å². The minimum absolute atomic E-state index is 0.159. The first-order chi connectivity index (χ1) is 12.5. The molecule has 6 nitrogen and oxygen atoms in total. The zero-order chi connectivity index (χ0) is 18.9. The van der Waals surface area contributed by atoms with E-state index in [-0.39, 0.29) is 12.5 Å². The Balaban J connectivity index is 2.21. The van der Waals surface area contributed by atoms with E-state index in [0.717, 1.165) is 5.56 Å². The Morgan fingerprint density at radius 3 is 2.50 bits per heavy atom. The van der Waals surface area contributed by atoms with E-state index < -0.39 is 5.91 Å². The van der Waals surface area contributed by atoms with E-state index >= 15 is 0 Å². The van der Waals surface area contributed by atoms with Gasteiger partial charge in [0.15, 0.2) is 18.1 Å². The van der Waals surface area contributed by atoms with E-state index in [0.29, 0.717) is 30.2 Å². The molecule has 26 heavy (non-hydrogen) atoms. The largest absolute Gasteiger partial charge is 0.493 e. The summed E-state index contributed by atoms with van der Waals surface area (Å²) in [6.45, 7) is 4.34. The van der Waals surface area contributed by atoms with Gasteiger partial charge in [0, 0.05) is 18.7 Å². The molecule has 2 N–H and O–H groups in total. The maximum atomic E-state index is 12.9. The minimum atomic E-state index is -0.591. The molecule has 2 rings (SSSR count). The van der Waals surface area contributed by atoms with Crippen molar-refractivity contribution in [1.82, 2.24) is 4.90 Å². The van der Waals surface area contributed by atoms with Crippen molar-refractivity contribution in [3.8, 4) is 11.5 Å². The van der Waals surface area contributed by atoms with Gasteiger partial charge in [0.2, 0.25) is 0 Å². The Kier molecular flexibility index (Phi) is 6.79. The molecule has 0 aliphatic carbocycles. The van der Waals surface area contributed by atoms with Crippen molar-refractivity contribution >= 4 is 11.8 Å². The predicted molar refractivity (Wildman–Crippen MR) is 99.1 cm³/mol. The Labute approximate surface area is 152 Å². The number of ether oxygens (including phenoxy) is 2. The molecular formula is C20H22N2O4. The molecule has 0 aliphatic rings. The van der Waals surface area contributed by atoms with Crippen LogP contribution in [0.1, 0.15) is 15.9 Å². The summed E-state index contributed by atoms with van der Waals surface area (Å²) in [5.74, 6) is -0.0442. The number of amides is 2. The molecule has 0 aromatic heterocycles. The van der Waals surface area contributed by atoms with E-state index in [2.05, 4.69) is 6.58 Å². The van der Waals surface area contributed by atoms with Crippen LogP contribution in [-0.4, -0.2) is 37.0 Å². The molecule has 0 atom stereocenters. The van der Waals surface area contributed by atoms with Crippen molar-refractivity contribution in [3.63, 3.8) is 0 Å². The highest BCUT2D eigenvalue weighted by molar-refractivity contribution is 5.95. The van der Waals surface area contributed by atoms with Crippen LogP contribution in [0, 0.1) is 0 Å². The van der Waals surface area contributed by atoms with Gasteiger partial charge in [-0.15, -0.1) is 6.58 Å². The van der Waals surface area contributed by atoms with Gasteiger partial charge in [0.05, 0.1) is 7.11 Å². The van der Waals surface area contributed by atoms with Gasteiger partial charge in [0.25, 0.3) is 11.8 Å². The average molecular weight is 354 g/mol. The second kappa shape index (κ2) is 9.27. The van der Waals surface area contributed by atoms with Gasteiger partial charge >= 0.3 is 0 Å². The van der Waals surface area contributed by atoms with Crippen molar-refractivity contribution < 1.29 is 19.1 Å². The molecule has 0 unspecified atom stereocenters. The van der Waals surface area contributed by atoms with Crippen molar-refractivity contribution in [2.45, 2.75) is 6.54 Å². The van der Waals surface area contributed by atoms with Crippen LogP contribution in [0.2, 0.25) is 0 Å². The molecule has 0 aliphatic heterocycles. The van der Waals surface area contributed by atoms with Crippen LogP contribution in [0.5, 0.6) is 11.5 Å². The predicted octanol–water partition coefficient (Wildman–Crippen LogP) is 2.39. The van der Waals surface area contributed by atoms with Crippen molar-refractivity contribution in [2.24, 2.45) is 5.73 Å². The zero-order valence-electron chi connectivity index (χ0n) is 14.7. The van der Waals surface area contributed by atoms with Gasteiger partial charge < -0.3 is 20.1 Å². The Bertz CT molecular complexity index is 775. The lowest BCUT2D eigenvalue weighted by Crippen LogP contribution is -2.30. The van der Waals surface area contributed by atoms with Crippen molar-refractivity contribution in [1.29, 1.82) is 0 Å². The van der Waals surface area contributed by atoms with E-state index in [1.165, 1.54) is 7.11 Å². The fraction of sp³-hybridized carbons (Fsp3) is 0.200. The van der Waals surface area contributed by atoms with Gasteiger partial charge in [-0.2, -0.15) is 0 Å². The third-order valence-electron chi connectivity index (χ3n) is 3.63. The quantitative estimate of drug-likeness (QED) is 0.701. The fourth-order valence-electron chi connectivity index (χ4n) is 2.43. The highest BCUT2D eigenvalue weighted by Crippen LogP contribution is 2.28. The first-order valence-electron chi connectivity index (χ1n) is 8.08. The summed E-state index contributed by atoms with van der Waals surface area (Å²) in [7, 11) is 1.46. The van der Waals surface area contributed by atoms with Crippen LogP contribution in [-0.2, 0) is 11.3 Å². The van der Waals surface area contributed by atoms with E-state index in [1.807, 2.05) is 30.3 Å². The summed E-state index contributed by atoms with van der Waals surface area (Å²) in [4.78, 5) is 25.4. The molecule has 2 amide bonds. The summed E-state index contributed by atoms with van der Waals surface area (Å²) < 4.78 is 10.5. The van der Waals surface area contributed by atoms with Crippen LogP contribution < -0.4 is 15.2 Å². The lowest BCUT2D eigenvalue weighted by atomic mass is 10.1. The maximum absolute atomic E-state index is 12.9. The van der Waals surface area contributed by atoms with Crippen LogP contribution >= 0.6 is 0 Å². The average Bonchev–Trinajstić information content (AvgIpc) is 2.66. The third kappa shape index (κ3) is 5.11. The SMILES string of the molecule is C=CCN(Cc1ccccc1)C(=O)c1ccc(OCC(N)=O)c(OC)c1. The molecule has 0 saturated carbocycles. The molecule has 0 fully saturated rings. The smallest absolute Gasteiger partial charge is 0.255 e. The minimum Gasteiger partial charge on any atom is -0.493 e. The zero-order valence-corrected chi connectivity index (χ0v) is 14.7. The summed E-state index contributed by atoms with van der Waals surface area (Å²) in [5, 5.41) is 0. The number of rotatable bonds is 9. The van der Waals surface area contributed by atoms with Crippen LogP contribution in [0.3, 0.4) is 0 Å². The normalized spacial score (nSPS) is 10.0. The lowest BCUT2D eigenvalue weighted by molar-refractivity contribution is -0.119. The summed E-state index contributed by atoms with van der Waals surface area (Å²) in [5.41, 5.74) is 6.56. The number of hydrogen-bond donors (Lipinski definition) is 1. The molecule has 0 radical (unpaired) electrons. The number of nitrogens with zero attached hydrogens (tertiary/aromatic N) is 1. The molecule has 0 saturated heterocycles. The van der Waals surface area contributed by atoms with E-state index in [4.69, 9.17) is 15.2 Å². The summed E-state index contributed by atoms with van der Waals surface area (Å²) in [6.07, 6.45) is 1.68. The van der Waals surface area contributed by atoms with Gasteiger partial charge in [-0.25, -0.2) is 0 Å². The molecule has 2 aromatic rings. The number of carbonyl (C=O) groups excluding carboxylic acids is 2. The fourth-order valence-corrected chi connectivity index (χ4v) is 2.43. The number of carbonyl (C=O) groups is 2. The first-order valence-corrected chi connectivity index (χ1v) is 8.08. The summed E-state index contributed by atoms with van der Waals surface area (Å²) in [6, 6.07) is 14.5. The second-order valence-corrected chi connectivity index (χ2v) is 5.58. The Hall–Kier alpha value is -3.28. The van der Waals surface area contributed by atoms with Crippen LogP contribution in [0.4, 0.5) is 0 Å². The molecular weight excluding hydrogens is 332 g/mol. The molecule has 136 valence electrons. The monoisotopic (exact) mass is 354 g/mol. The molecule has 0 spiro atoms. The Morgan fingerprint density at radius 1 is 1.15 bits per heavy atom. The number of primary amides is 1. The number of methoxy groups -OCH3 is 1. The topological polar surface area (TPSA) is 81.9 Å². The molecule has 0 heterocycles. The van der Waals surface area contributed by atoms with Gasteiger partial charge in [-0.05, 0) is 23.8 Å². The molecule has 6 heteroatoms. The highest BCUT2D eigenvalue weighted by atomic mass is 16.5. The number of benzene rings is 2. The molecule has 2 aromatic carbocycles. The van der Waals surface area contributed by atoms with Gasteiger partial charge in [0.1, 0.15) is 0 Å². The Morgan fingerprint density at radius 2 is 1.88 bits per heavy atom. The lowest BCUT2D eigenvalue weighted by Gasteiger charge is -2.22. The van der Waals surface area contributed by atoms with Gasteiger partial charge in [-0.3, -0.25) is 9.59 Å². The maximum Gasteiger partial charge on any atom is 0.255 e. The van der Waals surface area contributed by atoms with Gasteiger partial charge in [-0.1, -0.05) is 36.4 Å². The number of nitrogens with two attached hydrogens (primary N) is 1. The highest BCUT2D eigenvalue weighted by Gasteiger charge is 2.17. The van der Waals surface area contributed by atoms with Crippen molar-refractivity contribution in [3.05, 3.63) is 72.3 Å². The number of hydrogen-bond acceptors (Lipinski definition) is 4. The third-order valence-corrected chi connectivity index (χ3v) is 3.63.